The van der Waals surface area contributed by atoms with Crippen molar-refractivity contribution in [2.45, 2.75) is 32.3 Å². The van der Waals surface area contributed by atoms with Gasteiger partial charge >= 0.3 is 0 Å². The average Bonchev–Trinajstić information content (AvgIpc) is 3.15. The molecule has 1 amide bonds. The molecular formula is C21H25N5OS. The number of thioether (sulfide) groups is 1. The van der Waals surface area contributed by atoms with Crippen molar-refractivity contribution < 1.29 is 4.79 Å². The molecule has 0 saturated heterocycles. The van der Waals surface area contributed by atoms with E-state index >= 15 is 0 Å². The second-order valence-corrected chi connectivity index (χ2v) is 7.79. The fraction of sp³-hybridized carbons (Fsp3) is 0.333. The quantitative estimate of drug-likeness (QED) is 0.588. The van der Waals surface area contributed by atoms with Crippen molar-refractivity contribution in [3.63, 3.8) is 0 Å². The van der Waals surface area contributed by atoms with Gasteiger partial charge in [-0.15, -0.1) is 10.2 Å². The number of aromatic nitrogens is 4. The van der Waals surface area contributed by atoms with Crippen LogP contribution in [0.25, 0.3) is 17.1 Å². The largest absolute Gasteiger partial charge is 0.355 e. The minimum Gasteiger partial charge on any atom is -0.355 e. The maximum atomic E-state index is 12.2. The standard InChI is InChI=1S/C21H25N5OS/c1-4-16-8-5-6-10-18(16)26-20(17-9-7-11-22-13-17)24-25-21(26)28-14-19(27)23-12-15(2)3/h5-11,13,15H,4,12,14H2,1-3H3,(H,23,27). The molecule has 1 N–H and O–H groups in total. The van der Waals surface area contributed by atoms with Gasteiger partial charge in [0.15, 0.2) is 11.0 Å². The lowest BCUT2D eigenvalue weighted by Crippen LogP contribution is -2.28. The predicted molar refractivity (Wildman–Crippen MR) is 113 cm³/mol. The Bertz CT molecular complexity index is 924. The Labute approximate surface area is 169 Å². The molecule has 0 aliphatic heterocycles. The molecule has 0 saturated carbocycles. The van der Waals surface area contributed by atoms with Crippen LogP contribution in [0, 0.1) is 5.92 Å². The number of para-hydroxylation sites is 1. The number of carbonyl (C=O) groups is 1. The van der Waals surface area contributed by atoms with Gasteiger partial charge in [-0.25, -0.2) is 0 Å². The fourth-order valence-electron chi connectivity index (χ4n) is 2.79. The maximum Gasteiger partial charge on any atom is 0.230 e. The van der Waals surface area contributed by atoms with E-state index in [0.29, 0.717) is 23.4 Å². The summed E-state index contributed by atoms with van der Waals surface area (Å²) in [6.07, 6.45) is 4.40. The third-order valence-corrected chi connectivity index (χ3v) is 5.14. The summed E-state index contributed by atoms with van der Waals surface area (Å²) in [4.78, 5) is 16.4. The van der Waals surface area contributed by atoms with Gasteiger partial charge < -0.3 is 5.32 Å². The van der Waals surface area contributed by atoms with Gasteiger partial charge in [-0.1, -0.05) is 50.7 Å². The highest BCUT2D eigenvalue weighted by Gasteiger charge is 2.19. The van der Waals surface area contributed by atoms with Gasteiger partial charge in [0, 0.05) is 24.5 Å². The van der Waals surface area contributed by atoms with E-state index in [9.17, 15) is 4.79 Å². The number of hydrogen-bond donors (Lipinski definition) is 1. The Kier molecular flexibility index (Phi) is 6.81. The van der Waals surface area contributed by atoms with E-state index < -0.39 is 0 Å². The number of hydrogen-bond acceptors (Lipinski definition) is 5. The van der Waals surface area contributed by atoms with E-state index in [4.69, 9.17) is 0 Å². The highest BCUT2D eigenvalue weighted by atomic mass is 32.2. The Morgan fingerprint density at radius 1 is 1.18 bits per heavy atom. The van der Waals surface area contributed by atoms with Gasteiger partial charge in [0.2, 0.25) is 5.91 Å². The second-order valence-electron chi connectivity index (χ2n) is 6.85. The van der Waals surface area contributed by atoms with Crippen LogP contribution < -0.4 is 5.32 Å². The van der Waals surface area contributed by atoms with Crippen molar-refractivity contribution in [3.05, 3.63) is 54.4 Å². The van der Waals surface area contributed by atoms with Gasteiger partial charge in [-0.3, -0.25) is 14.3 Å². The number of carbonyl (C=O) groups excluding carboxylic acids is 1. The molecule has 0 bridgehead atoms. The van der Waals surface area contributed by atoms with Crippen LogP contribution in [0.5, 0.6) is 0 Å². The number of amides is 1. The van der Waals surface area contributed by atoms with Crippen LogP contribution in [0.15, 0.2) is 53.9 Å². The van der Waals surface area contributed by atoms with E-state index in [1.165, 1.54) is 17.3 Å². The van der Waals surface area contributed by atoms with Crippen LogP contribution >= 0.6 is 11.8 Å². The van der Waals surface area contributed by atoms with Crippen LogP contribution in [0.3, 0.4) is 0 Å². The van der Waals surface area contributed by atoms with Crippen molar-refractivity contribution in [1.82, 2.24) is 25.1 Å². The van der Waals surface area contributed by atoms with Crippen molar-refractivity contribution in [1.29, 1.82) is 0 Å². The number of rotatable bonds is 8. The number of nitrogens with zero attached hydrogens (tertiary/aromatic N) is 4. The smallest absolute Gasteiger partial charge is 0.230 e. The van der Waals surface area contributed by atoms with Crippen molar-refractivity contribution in [2.24, 2.45) is 5.92 Å². The van der Waals surface area contributed by atoms with Crippen LogP contribution in [0.2, 0.25) is 0 Å². The summed E-state index contributed by atoms with van der Waals surface area (Å²) in [5.41, 5.74) is 3.11. The predicted octanol–water partition coefficient (Wildman–Crippen LogP) is 3.76. The minimum absolute atomic E-state index is 0.0000422. The van der Waals surface area contributed by atoms with Crippen molar-refractivity contribution in [3.8, 4) is 17.1 Å². The highest BCUT2D eigenvalue weighted by molar-refractivity contribution is 7.99. The summed E-state index contributed by atoms with van der Waals surface area (Å²) in [7, 11) is 0. The number of nitrogens with one attached hydrogen (secondary N) is 1. The summed E-state index contributed by atoms with van der Waals surface area (Å²) in [5.74, 6) is 1.44. The average molecular weight is 396 g/mol. The van der Waals surface area contributed by atoms with Gasteiger partial charge in [-0.05, 0) is 36.1 Å². The first kappa shape index (κ1) is 20.1. The molecule has 0 unspecified atom stereocenters. The SMILES string of the molecule is CCc1ccccc1-n1c(SCC(=O)NCC(C)C)nnc1-c1cccnc1. The summed E-state index contributed by atoms with van der Waals surface area (Å²) in [6.45, 7) is 6.95. The fourth-order valence-corrected chi connectivity index (χ4v) is 3.56. The zero-order valence-electron chi connectivity index (χ0n) is 16.4. The molecule has 146 valence electrons. The second kappa shape index (κ2) is 9.50. The minimum atomic E-state index is -0.0000422. The van der Waals surface area contributed by atoms with Crippen molar-refractivity contribution in [2.75, 3.05) is 12.3 Å². The summed E-state index contributed by atoms with van der Waals surface area (Å²) in [6, 6.07) is 12.0. The lowest BCUT2D eigenvalue weighted by molar-refractivity contribution is -0.118. The highest BCUT2D eigenvalue weighted by Crippen LogP contribution is 2.29. The third kappa shape index (κ3) is 4.78. The van der Waals surface area contributed by atoms with E-state index in [-0.39, 0.29) is 5.91 Å². The Balaban J connectivity index is 1.95. The van der Waals surface area contributed by atoms with Crippen LogP contribution in [-0.4, -0.2) is 38.0 Å². The van der Waals surface area contributed by atoms with Gasteiger partial charge in [0.1, 0.15) is 0 Å². The molecule has 1 aromatic carbocycles. The topological polar surface area (TPSA) is 72.7 Å². The third-order valence-electron chi connectivity index (χ3n) is 4.21. The zero-order valence-corrected chi connectivity index (χ0v) is 17.2. The monoisotopic (exact) mass is 395 g/mol. The van der Waals surface area contributed by atoms with Crippen LogP contribution in [0.4, 0.5) is 0 Å². The molecule has 3 aromatic rings. The number of pyridine rings is 1. The normalized spacial score (nSPS) is 11.0. The molecule has 0 atom stereocenters. The molecule has 0 fully saturated rings. The zero-order chi connectivity index (χ0) is 19.9. The van der Waals surface area contributed by atoms with E-state index in [1.807, 2.05) is 28.8 Å². The molecule has 2 aromatic heterocycles. The van der Waals surface area contributed by atoms with Crippen LogP contribution in [-0.2, 0) is 11.2 Å². The summed E-state index contributed by atoms with van der Waals surface area (Å²) >= 11 is 1.39. The van der Waals surface area contributed by atoms with Crippen molar-refractivity contribution >= 4 is 17.7 Å². The first-order valence-corrected chi connectivity index (χ1v) is 10.4. The molecular weight excluding hydrogens is 370 g/mol. The molecule has 7 heteroatoms. The molecule has 0 spiro atoms. The lowest BCUT2D eigenvalue weighted by atomic mass is 10.1. The Hall–Kier alpha value is -2.67. The summed E-state index contributed by atoms with van der Waals surface area (Å²) in [5, 5.41) is 12.4. The molecule has 2 heterocycles. The lowest BCUT2D eigenvalue weighted by Gasteiger charge is -2.14. The molecule has 0 radical (unpaired) electrons. The van der Waals surface area contributed by atoms with Gasteiger partial charge in [0.05, 0.1) is 11.4 Å². The van der Waals surface area contributed by atoms with E-state index in [2.05, 4.69) is 53.4 Å². The Morgan fingerprint density at radius 3 is 2.71 bits per heavy atom. The van der Waals surface area contributed by atoms with E-state index in [1.54, 1.807) is 12.4 Å². The number of benzene rings is 1. The molecule has 0 aliphatic carbocycles. The first-order chi connectivity index (χ1) is 13.6. The molecule has 3 rings (SSSR count). The first-order valence-electron chi connectivity index (χ1n) is 9.43. The van der Waals surface area contributed by atoms with Gasteiger partial charge in [0.25, 0.3) is 0 Å². The molecule has 0 aliphatic rings. The van der Waals surface area contributed by atoms with Crippen LogP contribution in [0.1, 0.15) is 26.3 Å². The number of aryl methyl sites for hydroxylation is 1. The Morgan fingerprint density at radius 2 is 2.00 bits per heavy atom. The van der Waals surface area contributed by atoms with Gasteiger partial charge in [-0.2, -0.15) is 0 Å². The van der Waals surface area contributed by atoms with E-state index in [0.717, 1.165) is 23.5 Å². The molecule has 28 heavy (non-hydrogen) atoms. The molecule has 6 nitrogen and oxygen atoms in total. The summed E-state index contributed by atoms with van der Waals surface area (Å²) < 4.78 is 2.02. The maximum absolute atomic E-state index is 12.2.